The molecule has 9 heterocycles. The van der Waals surface area contributed by atoms with E-state index in [2.05, 4.69) is 64.9 Å². The van der Waals surface area contributed by atoms with Gasteiger partial charge >= 0.3 is 0 Å². The van der Waals surface area contributed by atoms with Crippen LogP contribution in [0.25, 0.3) is 11.1 Å². The zero-order valence-electron chi connectivity index (χ0n) is 42.3. The van der Waals surface area contributed by atoms with E-state index < -0.39 is 6.43 Å². The van der Waals surface area contributed by atoms with E-state index in [9.17, 15) is 18.8 Å². The number of piperidine rings is 2. The van der Waals surface area contributed by atoms with Gasteiger partial charge in [0.15, 0.2) is 12.0 Å². The summed E-state index contributed by atoms with van der Waals surface area (Å²) in [6, 6.07) is 14.2. The second-order valence-electron chi connectivity index (χ2n) is 21.8. The highest BCUT2D eigenvalue weighted by Crippen LogP contribution is 2.46. The van der Waals surface area contributed by atoms with Crippen molar-refractivity contribution in [3.8, 4) is 23.1 Å². The van der Waals surface area contributed by atoms with Crippen LogP contribution in [0.4, 0.5) is 26.1 Å². The molecule has 11 rings (SSSR count). The highest BCUT2D eigenvalue weighted by molar-refractivity contribution is 6.12. The third kappa shape index (κ3) is 9.70. The van der Waals surface area contributed by atoms with Crippen LogP contribution in [0.5, 0.6) is 5.88 Å². The first kappa shape index (κ1) is 48.0. The minimum Gasteiger partial charge on any atom is -0.473 e. The minimum atomic E-state index is -2.65. The van der Waals surface area contributed by atoms with Gasteiger partial charge in [0.2, 0.25) is 23.3 Å². The number of rotatable bonds is 9. The molecule has 72 heavy (non-hydrogen) atoms. The van der Waals surface area contributed by atoms with Crippen LogP contribution in [0, 0.1) is 35.5 Å². The standard InChI is InChI=1S/C55H68F2N13O2/c1-36-28-55(35-69(36)50-12-11-42(29-58)37(2)60-50)18-24-66(25-19-55)51-13-14-52(62-61-51)72-44-15-21-65(22-16-44)31-39-7-9-40(10-8-39)32-70-48-17-23-67(38(3)71)34-47(48)54(63-70)68-20-5-6-41-26-45(43-30-59-64(4)33-43)46(53(56)57)27-49(41)68/h11-14,26-27,30,32-33,36,39-40,44,53H,5-10,15-25,28,31,34-35H2,1-4H3/q+1/b70-32-/t36-,39?,40?/m0/s1. The molecule has 1 amide bonds. The molecule has 0 bridgehead atoms. The van der Waals surface area contributed by atoms with E-state index in [0.717, 1.165) is 156 Å². The Morgan fingerprint density at radius 3 is 2.47 bits per heavy atom. The highest BCUT2D eigenvalue weighted by atomic mass is 19.3. The summed E-state index contributed by atoms with van der Waals surface area (Å²) in [5.41, 5.74) is 6.84. The van der Waals surface area contributed by atoms with Crippen LogP contribution >= 0.6 is 0 Å². The third-order valence-electron chi connectivity index (χ3n) is 17.0. The van der Waals surface area contributed by atoms with Crippen molar-refractivity contribution in [3.05, 3.63) is 82.4 Å². The number of aromatic nitrogens is 5. The monoisotopic (exact) mass is 981 g/mol. The molecule has 6 aliphatic heterocycles. The van der Waals surface area contributed by atoms with Crippen molar-refractivity contribution in [2.75, 3.05) is 73.6 Å². The molecule has 1 spiro atoms. The predicted molar refractivity (Wildman–Crippen MR) is 273 cm³/mol. The number of hydrogen-bond acceptors (Lipinski definition) is 12. The number of alkyl halides is 2. The molecule has 4 aromatic rings. The summed E-state index contributed by atoms with van der Waals surface area (Å²) < 4.78 is 39.7. The average molecular weight is 981 g/mol. The van der Waals surface area contributed by atoms with E-state index in [1.54, 1.807) is 37.1 Å². The third-order valence-corrected chi connectivity index (χ3v) is 17.0. The normalized spacial score (nSPS) is 24.3. The molecule has 1 aliphatic carbocycles. The number of carbonyl (C=O) groups is 1. The Morgan fingerprint density at radius 1 is 0.986 bits per heavy atom. The molecule has 1 atom stereocenters. The van der Waals surface area contributed by atoms with Crippen LogP contribution in [-0.2, 0) is 18.3 Å². The van der Waals surface area contributed by atoms with Gasteiger partial charge in [-0.15, -0.1) is 10.2 Å². The first-order valence-corrected chi connectivity index (χ1v) is 26.4. The largest absolute Gasteiger partial charge is 0.473 e. The molecule has 3 aromatic heterocycles. The minimum absolute atomic E-state index is 0.00484. The Hall–Kier alpha value is -6.28. The van der Waals surface area contributed by atoms with Gasteiger partial charge in [-0.25, -0.2) is 13.8 Å². The number of ether oxygens (including phenoxy) is 1. The Morgan fingerprint density at radius 2 is 1.78 bits per heavy atom. The van der Waals surface area contributed by atoms with Crippen molar-refractivity contribution in [3.63, 3.8) is 0 Å². The molecule has 0 unspecified atom stereocenters. The lowest BCUT2D eigenvalue weighted by atomic mass is 9.77. The predicted octanol–water partition coefficient (Wildman–Crippen LogP) is 8.29. The van der Waals surface area contributed by atoms with Crippen LogP contribution < -0.4 is 19.4 Å². The quantitative estimate of drug-likeness (QED) is 0.150. The number of fused-ring (bicyclic) bond motifs is 1. The summed E-state index contributed by atoms with van der Waals surface area (Å²) in [7, 11) is 1.80. The summed E-state index contributed by atoms with van der Waals surface area (Å²) in [4.78, 5) is 28.9. The van der Waals surface area contributed by atoms with E-state index >= 15 is 0 Å². The van der Waals surface area contributed by atoms with Crippen molar-refractivity contribution < 1.29 is 23.0 Å². The van der Waals surface area contributed by atoms with Gasteiger partial charge in [-0.3, -0.25) is 9.48 Å². The van der Waals surface area contributed by atoms with E-state index in [-0.39, 0.29) is 23.0 Å². The molecule has 3 saturated heterocycles. The first-order chi connectivity index (χ1) is 34.9. The zero-order valence-corrected chi connectivity index (χ0v) is 42.3. The molecule has 17 heteroatoms. The van der Waals surface area contributed by atoms with E-state index in [0.29, 0.717) is 66.5 Å². The van der Waals surface area contributed by atoms with Gasteiger partial charge in [0.1, 0.15) is 18.0 Å². The van der Waals surface area contributed by atoms with Gasteiger partial charge in [0.05, 0.1) is 36.0 Å². The summed E-state index contributed by atoms with van der Waals surface area (Å²) in [6.07, 6.45) is 15.4. The second-order valence-corrected chi connectivity index (χ2v) is 21.8. The smallest absolute Gasteiger partial charge is 0.264 e. The number of hydrazone groups is 1. The SMILES string of the molecule is CC(=O)N1CCC2=C(C1)C(N1CCCc3cc(-c4cnn(C)c4)c(C(F)F)cc31)=N/[N+]2=C\C1CCC(CN2CCC(Oc3ccc(N4CCC5(CC4)C[C@H](C)N(c4ccc(C#N)c(C)n4)C5)nn3)CC2)CC1. The van der Waals surface area contributed by atoms with Crippen LogP contribution in [0.15, 0.2) is 65.2 Å². The highest BCUT2D eigenvalue weighted by Gasteiger charge is 2.45. The Kier molecular flexibility index (Phi) is 13.3. The topological polar surface area (TPSA) is 138 Å². The molecule has 4 fully saturated rings. The maximum Gasteiger partial charge on any atom is 0.264 e. The van der Waals surface area contributed by atoms with Crippen LogP contribution in [0.3, 0.4) is 0 Å². The van der Waals surface area contributed by atoms with Crippen molar-refractivity contribution in [2.24, 2.45) is 29.4 Å². The number of aryl methyl sites for hydroxylation is 3. The van der Waals surface area contributed by atoms with Crippen LogP contribution in [0.1, 0.15) is 113 Å². The number of anilines is 3. The molecular weight excluding hydrogens is 913 g/mol. The molecule has 7 aliphatic rings. The molecular formula is C55H68F2N13O2+. The maximum absolute atomic E-state index is 14.8. The van der Waals surface area contributed by atoms with Gasteiger partial charge in [0, 0.05) is 112 Å². The maximum atomic E-state index is 14.8. The van der Waals surface area contributed by atoms with E-state index in [4.69, 9.17) is 14.8 Å². The van der Waals surface area contributed by atoms with Gasteiger partial charge in [-0.05, 0) is 137 Å². The number of amides is 1. The number of benzene rings is 1. The van der Waals surface area contributed by atoms with Crippen LogP contribution in [0.2, 0.25) is 0 Å². The Labute approximate surface area is 421 Å². The average Bonchev–Trinajstić information content (AvgIpc) is 4.08. The lowest BCUT2D eigenvalue weighted by molar-refractivity contribution is -0.479. The van der Waals surface area contributed by atoms with Gasteiger partial charge < -0.3 is 29.2 Å². The number of halogens is 2. The summed E-state index contributed by atoms with van der Waals surface area (Å²) >= 11 is 0. The molecule has 15 nitrogen and oxygen atoms in total. The fourth-order valence-electron chi connectivity index (χ4n) is 12.9. The lowest BCUT2D eigenvalue weighted by Crippen LogP contribution is -2.42. The van der Waals surface area contributed by atoms with Crippen molar-refractivity contribution in [1.82, 2.24) is 34.8 Å². The summed E-state index contributed by atoms with van der Waals surface area (Å²) in [6.45, 7) is 13.6. The summed E-state index contributed by atoms with van der Waals surface area (Å²) in [5.74, 6) is 4.32. The molecule has 0 N–H and O–H groups in total. The Bertz CT molecular complexity index is 2810. The molecule has 0 radical (unpaired) electrons. The van der Waals surface area contributed by atoms with E-state index in [1.807, 2.05) is 36.1 Å². The Balaban J connectivity index is 0.666. The molecule has 1 saturated carbocycles. The number of nitrogens with zero attached hydrogens (tertiary/aromatic N) is 13. The fourth-order valence-corrected chi connectivity index (χ4v) is 12.9. The summed E-state index contributed by atoms with van der Waals surface area (Å²) in [5, 5.41) is 28.1. The number of pyridine rings is 1. The van der Waals surface area contributed by atoms with Crippen LogP contribution in [-0.4, -0.2) is 128 Å². The molecule has 378 valence electrons. The number of amidine groups is 1. The van der Waals surface area contributed by atoms with Crippen molar-refractivity contribution >= 4 is 35.3 Å². The second kappa shape index (κ2) is 20.0. The number of likely N-dealkylation sites (tertiary alicyclic amines) is 1. The van der Waals surface area contributed by atoms with Crippen molar-refractivity contribution in [2.45, 2.75) is 116 Å². The first-order valence-electron chi connectivity index (χ1n) is 26.4. The van der Waals surface area contributed by atoms with E-state index in [1.165, 1.54) is 0 Å². The fraction of sp³-hybridized carbons (Fsp3) is 0.564. The van der Waals surface area contributed by atoms with Gasteiger partial charge in [0.25, 0.3) is 6.43 Å². The number of nitriles is 1. The van der Waals surface area contributed by atoms with Gasteiger partial charge in [-0.1, -0.05) is 4.68 Å². The zero-order chi connectivity index (χ0) is 49.7. The number of carbonyl (C=O) groups excluding carboxylic acids is 1. The van der Waals surface area contributed by atoms with Gasteiger partial charge in [-0.2, -0.15) is 10.4 Å². The van der Waals surface area contributed by atoms with Crippen molar-refractivity contribution in [1.29, 1.82) is 5.26 Å². The lowest BCUT2D eigenvalue weighted by Gasteiger charge is -2.39. The number of hydrogen-bond donors (Lipinski definition) is 0. The molecule has 1 aromatic carbocycles.